The van der Waals surface area contributed by atoms with Gasteiger partial charge in [0.05, 0.1) is 5.71 Å². The highest BCUT2D eigenvalue weighted by Crippen LogP contribution is 2.26. The fourth-order valence-electron chi connectivity index (χ4n) is 1.95. The van der Waals surface area contributed by atoms with Crippen LogP contribution in [0.3, 0.4) is 0 Å². The van der Waals surface area contributed by atoms with E-state index in [1.807, 2.05) is 6.92 Å². The quantitative estimate of drug-likeness (QED) is 0.546. The van der Waals surface area contributed by atoms with Crippen LogP contribution < -0.4 is 11.5 Å². The third-order valence-corrected chi connectivity index (χ3v) is 2.79. The molecule has 0 spiro atoms. The van der Waals surface area contributed by atoms with Crippen molar-refractivity contribution in [3.63, 3.8) is 0 Å². The van der Waals surface area contributed by atoms with Crippen molar-refractivity contribution in [1.29, 1.82) is 0 Å². The van der Waals surface area contributed by atoms with Crippen LogP contribution in [0.25, 0.3) is 0 Å². The molecule has 0 fully saturated rings. The maximum absolute atomic E-state index is 5.63. The van der Waals surface area contributed by atoms with Crippen LogP contribution in [0.1, 0.15) is 30.5 Å². The summed E-state index contributed by atoms with van der Waals surface area (Å²) in [6.07, 6.45) is 0.876. The summed E-state index contributed by atoms with van der Waals surface area (Å²) in [7, 11) is 0. The van der Waals surface area contributed by atoms with Gasteiger partial charge in [0, 0.05) is 6.42 Å². The molecule has 84 valence electrons. The summed E-state index contributed by atoms with van der Waals surface area (Å²) in [6, 6.07) is 8.53. The Hall–Kier alpha value is -1.84. The molecule has 0 bridgehead atoms. The highest BCUT2D eigenvalue weighted by Gasteiger charge is 2.27. The number of rotatable bonds is 1. The van der Waals surface area contributed by atoms with Crippen molar-refractivity contribution in [2.75, 3.05) is 0 Å². The molecule has 1 aliphatic heterocycles. The molecule has 4 nitrogen and oxygen atoms in total. The van der Waals surface area contributed by atoms with Crippen LogP contribution in [0.5, 0.6) is 0 Å². The SMILES string of the molecule is CC1=N[N+](=C(N)N)C(c2ccc(C)cc2)C1. The van der Waals surface area contributed by atoms with Gasteiger partial charge < -0.3 is 0 Å². The van der Waals surface area contributed by atoms with E-state index >= 15 is 0 Å². The standard InChI is InChI=1S/C12H16N4/c1-8-3-5-10(6-4-8)11-7-9(2)15-16(11)12(13)14/h3-6,11H,7H2,1-2H3,(H3,13,14)/p+1. The Morgan fingerprint density at radius 2 is 1.88 bits per heavy atom. The molecule has 1 aromatic rings. The lowest BCUT2D eigenvalue weighted by molar-refractivity contribution is -0.569. The van der Waals surface area contributed by atoms with Crippen molar-refractivity contribution < 1.29 is 4.68 Å². The van der Waals surface area contributed by atoms with Crippen molar-refractivity contribution in [2.24, 2.45) is 16.6 Å². The van der Waals surface area contributed by atoms with Crippen LogP contribution in [-0.2, 0) is 0 Å². The Labute approximate surface area is 95.3 Å². The predicted octanol–water partition coefficient (Wildman–Crippen LogP) is 1.10. The van der Waals surface area contributed by atoms with E-state index in [0.717, 1.165) is 12.1 Å². The lowest BCUT2D eigenvalue weighted by Crippen LogP contribution is -2.33. The lowest BCUT2D eigenvalue weighted by Gasteiger charge is -2.10. The number of aryl methyl sites for hydroxylation is 1. The first-order valence-corrected chi connectivity index (χ1v) is 5.35. The molecule has 0 saturated carbocycles. The zero-order valence-electron chi connectivity index (χ0n) is 9.64. The molecule has 4 heteroatoms. The van der Waals surface area contributed by atoms with Gasteiger partial charge in [-0.05, 0) is 19.4 Å². The van der Waals surface area contributed by atoms with Gasteiger partial charge in [0.15, 0.2) is 0 Å². The van der Waals surface area contributed by atoms with Gasteiger partial charge in [0.2, 0.25) is 0 Å². The number of guanidine groups is 1. The van der Waals surface area contributed by atoms with E-state index in [9.17, 15) is 0 Å². The molecule has 2 rings (SSSR count). The molecule has 1 aliphatic rings. The second kappa shape index (κ2) is 3.96. The van der Waals surface area contributed by atoms with Gasteiger partial charge in [-0.15, -0.1) is 9.79 Å². The minimum atomic E-state index is 0.144. The van der Waals surface area contributed by atoms with E-state index in [1.54, 1.807) is 4.68 Å². The van der Waals surface area contributed by atoms with Gasteiger partial charge in [0.1, 0.15) is 6.04 Å². The summed E-state index contributed by atoms with van der Waals surface area (Å²) in [6.45, 7) is 4.06. The lowest BCUT2D eigenvalue weighted by atomic mass is 10.0. The van der Waals surface area contributed by atoms with Gasteiger partial charge in [-0.2, -0.15) is 0 Å². The maximum Gasteiger partial charge on any atom is 0.365 e. The Bertz CT molecular complexity index is 452. The first-order chi connectivity index (χ1) is 7.58. The van der Waals surface area contributed by atoms with Gasteiger partial charge in [0.25, 0.3) is 0 Å². The van der Waals surface area contributed by atoms with Gasteiger partial charge in [-0.1, -0.05) is 29.8 Å². The molecule has 0 radical (unpaired) electrons. The van der Waals surface area contributed by atoms with E-state index in [2.05, 4.69) is 36.3 Å². The summed E-state index contributed by atoms with van der Waals surface area (Å²) < 4.78 is 1.69. The largest absolute Gasteiger partial charge is 0.365 e. The number of benzene rings is 1. The Kier molecular flexibility index (Phi) is 2.64. The highest BCUT2D eigenvalue weighted by molar-refractivity contribution is 5.83. The van der Waals surface area contributed by atoms with Crippen molar-refractivity contribution in [3.05, 3.63) is 35.4 Å². The van der Waals surface area contributed by atoms with Gasteiger partial charge in [-0.25, -0.2) is 0 Å². The average Bonchev–Trinajstić information content (AvgIpc) is 2.61. The fraction of sp³-hybridized carbons (Fsp3) is 0.333. The summed E-state index contributed by atoms with van der Waals surface area (Å²) in [5.74, 6) is 0.252. The Balaban J connectivity index is 2.36. The first-order valence-electron chi connectivity index (χ1n) is 5.35. The van der Waals surface area contributed by atoms with Crippen LogP contribution in [0, 0.1) is 6.92 Å². The molecule has 1 atom stereocenters. The number of hydrazone groups is 1. The van der Waals surface area contributed by atoms with Crippen molar-refractivity contribution in [2.45, 2.75) is 26.3 Å². The maximum atomic E-state index is 5.63. The summed E-state index contributed by atoms with van der Waals surface area (Å²) >= 11 is 0. The van der Waals surface area contributed by atoms with Crippen LogP contribution in [0.4, 0.5) is 0 Å². The van der Waals surface area contributed by atoms with Crippen LogP contribution in [0.2, 0.25) is 0 Å². The number of nitrogens with two attached hydrogens (primary N) is 2. The fourth-order valence-corrected chi connectivity index (χ4v) is 1.95. The molecule has 0 aliphatic carbocycles. The number of hydrogen-bond donors (Lipinski definition) is 2. The van der Waals surface area contributed by atoms with Crippen molar-refractivity contribution >= 4 is 11.7 Å². The molecular weight excluding hydrogens is 200 g/mol. The van der Waals surface area contributed by atoms with Crippen molar-refractivity contribution in [3.8, 4) is 0 Å². The third kappa shape index (κ3) is 1.91. The van der Waals surface area contributed by atoms with E-state index in [4.69, 9.17) is 11.5 Å². The van der Waals surface area contributed by atoms with E-state index < -0.39 is 0 Å². The minimum Gasteiger partial charge on any atom is -0.289 e. The highest BCUT2D eigenvalue weighted by atomic mass is 15.4. The molecule has 1 heterocycles. The summed E-state index contributed by atoms with van der Waals surface area (Å²) in [4.78, 5) is 0. The topological polar surface area (TPSA) is 67.4 Å². The van der Waals surface area contributed by atoms with E-state index in [1.165, 1.54) is 11.1 Å². The van der Waals surface area contributed by atoms with Gasteiger partial charge >= 0.3 is 5.96 Å². The third-order valence-electron chi connectivity index (χ3n) is 2.79. The predicted molar refractivity (Wildman–Crippen MR) is 65.3 cm³/mol. The molecule has 4 N–H and O–H groups in total. The molecule has 0 amide bonds. The summed E-state index contributed by atoms with van der Waals surface area (Å²) in [5.41, 5.74) is 14.8. The van der Waals surface area contributed by atoms with E-state index in [0.29, 0.717) is 0 Å². The molecule has 0 aromatic heterocycles. The Morgan fingerprint density at radius 1 is 1.25 bits per heavy atom. The van der Waals surface area contributed by atoms with Crippen LogP contribution in [-0.4, -0.2) is 16.4 Å². The number of hydrogen-bond acceptors (Lipinski definition) is 1. The zero-order chi connectivity index (χ0) is 11.7. The molecule has 0 saturated heterocycles. The van der Waals surface area contributed by atoms with Gasteiger partial charge in [-0.3, -0.25) is 11.5 Å². The Morgan fingerprint density at radius 3 is 2.44 bits per heavy atom. The van der Waals surface area contributed by atoms with Crippen LogP contribution in [0.15, 0.2) is 29.4 Å². The first kappa shape index (κ1) is 10.7. The second-order valence-electron chi connectivity index (χ2n) is 4.24. The molecule has 1 unspecified atom stereocenters. The normalized spacial score (nSPS) is 19.8. The molecule has 1 aromatic carbocycles. The smallest absolute Gasteiger partial charge is 0.289 e. The van der Waals surface area contributed by atoms with E-state index in [-0.39, 0.29) is 12.0 Å². The minimum absolute atomic E-state index is 0.144. The summed E-state index contributed by atoms with van der Waals surface area (Å²) in [5, 5.41) is 4.33. The van der Waals surface area contributed by atoms with Crippen molar-refractivity contribution in [1.82, 2.24) is 0 Å². The molecular formula is C12H17N4+. The zero-order valence-corrected chi connectivity index (χ0v) is 9.64. The monoisotopic (exact) mass is 217 g/mol. The second-order valence-corrected chi connectivity index (χ2v) is 4.24. The van der Waals surface area contributed by atoms with Crippen LogP contribution >= 0.6 is 0 Å². The number of nitrogens with zero attached hydrogens (tertiary/aromatic N) is 2. The molecule has 16 heavy (non-hydrogen) atoms. The average molecular weight is 217 g/mol.